The predicted octanol–water partition coefficient (Wildman–Crippen LogP) is 3.07. The maximum absolute atomic E-state index is 12.6. The van der Waals surface area contributed by atoms with Gasteiger partial charge in [0.25, 0.3) is 11.6 Å². The van der Waals surface area contributed by atoms with Gasteiger partial charge in [-0.05, 0) is 25.8 Å². The number of hydrogen-bond acceptors (Lipinski definition) is 7. The molecular formula is C14H15N5O2S. The number of aryl methyl sites for hydroxylation is 2. The maximum Gasteiger partial charge on any atom is 0.259 e. The largest absolute Gasteiger partial charge is 0.336 e. The number of amides is 1. The average Bonchev–Trinajstić information content (AvgIpc) is 3.04. The number of carbonyl (C=O) groups excluding carboxylic acids is 1. The highest BCUT2D eigenvalue weighted by molar-refractivity contribution is 7.15. The van der Waals surface area contributed by atoms with Crippen LogP contribution < -0.4 is 5.32 Å². The zero-order valence-corrected chi connectivity index (χ0v) is 13.5. The fourth-order valence-corrected chi connectivity index (χ4v) is 2.69. The molecule has 3 aromatic rings. The molecule has 0 spiro atoms. The molecule has 0 aliphatic rings. The monoisotopic (exact) mass is 317 g/mol. The topological polar surface area (TPSA) is 93.8 Å². The van der Waals surface area contributed by atoms with E-state index in [0.717, 1.165) is 10.7 Å². The Labute approximate surface area is 130 Å². The fourth-order valence-electron chi connectivity index (χ4n) is 2.10. The van der Waals surface area contributed by atoms with Gasteiger partial charge in [-0.15, -0.1) is 10.2 Å². The lowest BCUT2D eigenvalue weighted by Crippen LogP contribution is -2.13. The average molecular weight is 317 g/mol. The first-order valence-corrected chi connectivity index (χ1v) is 7.65. The number of nitrogens with one attached hydrogen (secondary N) is 1. The Hall–Kier alpha value is -2.35. The summed E-state index contributed by atoms with van der Waals surface area (Å²) in [4.78, 5) is 17.0. The molecule has 22 heavy (non-hydrogen) atoms. The highest BCUT2D eigenvalue weighted by Crippen LogP contribution is 2.26. The van der Waals surface area contributed by atoms with Crippen molar-refractivity contribution in [1.82, 2.24) is 20.3 Å². The lowest BCUT2D eigenvalue weighted by molar-refractivity contribution is 0.102. The van der Waals surface area contributed by atoms with Crippen LogP contribution in [-0.2, 0) is 0 Å². The standard InChI is InChI=1S/C14H15N5O2S/c1-6(2)10-5-9(11-7(3)19-21-13(11)15-10)12(20)16-14-18-17-8(4)22-14/h5-6H,1-4H3,(H,16,18,20). The fraction of sp³-hybridized carbons (Fsp3) is 0.357. The van der Waals surface area contributed by atoms with Crippen LogP contribution in [0.3, 0.4) is 0 Å². The summed E-state index contributed by atoms with van der Waals surface area (Å²) >= 11 is 1.32. The van der Waals surface area contributed by atoms with E-state index >= 15 is 0 Å². The molecule has 0 atom stereocenters. The molecule has 8 heteroatoms. The van der Waals surface area contributed by atoms with Crippen molar-refractivity contribution in [3.63, 3.8) is 0 Å². The van der Waals surface area contributed by atoms with Crippen LogP contribution in [0.15, 0.2) is 10.6 Å². The van der Waals surface area contributed by atoms with E-state index < -0.39 is 0 Å². The Morgan fingerprint density at radius 2 is 2.09 bits per heavy atom. The van der Waals surface area contributed by atoms with Crippen molar-refractivity contribution in [2.75, 3.05) is 5.32 Å². The summed E-state index contributed by atoms with van der Waals surface area (Å²) in [5.41, 5.74) is 2.28. The quantitative estimate of drug-likeness (QED) is 0.798. The van der Waals surface area contributed by atoms with Crippen molar-refractivity contribution < 1.29 is 9.32 Å². The second-order valence-electron chi connectivity index (χ2n) is 5.28. The third-order valence-corrected chi connectivity index (χ3v) is 3.97. The van der Waals surface area contributed by atoms with Gasteiger partial charge in [0.15, 0.2) is 0 Å². The summed E-state index contributed by atoms with van der Waals surface area (Å²) in [6.45, 7) is 7.63. The molecule has 0 aromatic carbocycles. The summed E-state index contributed by atoms with van der Waals surface area (Å²) in [6, 6.07) is 1.78. The van der Waals surface area contributed by atoms with Gasteiger partial charge in [-0.25, -0.2) is 4.98 Å². The van der Waals surface area contributed by atoms with Gasteiger partial charge in [-0.3, -0.25) is 10.1 Å². The zero-order valence-electron chi connectivity index (χ0n) is 12.7. The number of fused-ring (bicyclic) bond motifs is 1. The minimum Gasteiger partial charge on any atom is -0.336 e. The molecule has 1 amide bonds. The van der Waals surface area contributed by atoms with Gasteiger partial charge in [0.1, 0.15) is 5.01 Å². The molecule has 0 aliphatic carbocycles. The van der Waals surface area contributed by atoms with Crippen LogP contribution in [0.25, 0.3) is 11.1 Å². The van der Waals surface area contributed by atoms with E-state index in [1.54, 1.807) is 13.0 Å². The highest BCUT2D eigenvalue weighted by Gasteiger charge is 2.20. The molecule has 7 nitrogen and oxygen atoms in total. The van der Waals surface area contributed by atoms with E-state index in [-0.39, 0.29) is 11.8 Å². The van der Waals surface area contributed by atoms with E-state index in [0.29, 0.717) is 27.5 Å². The zero-order chi connectivity index (χ0) is 15.9. The first kappa shape index (κ1) is 14.6. The summed E-state index contributed by atoms with van der Waals surface area (Å²) in [6.07, 6.45) is 0. The van der Waals surface area contributed by atoms with Gasteiger partial charge in [0, 0.05) is 5.69 Å². The van der Waals surface area contributed by atoms with E-state index in [1.165, 1.54) is 11.3 Å². The Morgan fingerprint density at radius 1 is 1.32 bits per heavy atom. The van der Waals surface area contributed by atoms with E-state index in [9.17, 15) is 4.79 Å². The van der Waals surface area contributed by atoms with Crippen molar-refractivity contribution in [2.24, 2.45) is 0 Å². The molecule has 0 radical (unpaired) electrons. The lowest BCUT2D eigenvalue weighted by atomic mass is 10.0. The molecule has 114 valence electrons. The second-order valence-corrected chi connectivity index (χ2v) is 6.46. The van der Waals surface area contributed by atoms with Crippen molar-refractivity contribution in [3.8, 4) is 0 Å². The number of aromatic nitrogens is 4. The molecule has 1 N–H and O–H groups in total. The Bertz CT molecular complexity index is 852. The number of pyridine rings is 1. The summed E-state index contributed by atoms with van der Waals surface area (Å²) in [7, 11) is 0. The number of hydrogen-bond donors (Lipinski definition) is 1. The van der Waals surface area contributed by atoms with E-state index in [1.807, 2.05) is 20.8 Å². The maximum atomic E-state index is 12.6. The van der Waals surface area contributed by atoms with Gasteiger partial charge in [0.2, 0.25) is 5.13 Å². The number of rotatable bonds is 3. The Morgan fingerprint density at radius 3 is 2.73 bits per heavy atom. The SMILES string of the molecule is Cc1nnc(NC(=O)c2cc(C(C)C)nc3onc(C)c23)s1. The van der Waals surface area contributed by atoms with Crippen LogP contribution in [0.5, 0.6) is 0 Å². The first-order chi connectivity index (χ1) is 10.5. The molecule has 0 saturated heterocycles. The van der Waals surface area contributed by atoms with Crippen molar-refractivity contribution >= 4 is 33.5 Å². The van der Waals surface area contributed by atoms with Crippen molar-refractivity contribution in [3.05, 3.63) is 28.0 Å². The molecule has 0 bridgehead atoms. The van der Waals surface area contributed by atoms with Gasteiger partial charge >= 0.3 is 0 Å². The van der Waals surface area contributed by atoms with Crippen molar-refractivity contribution in [2.45, 2.75) is 33.6 Å². The third-order valence-electron chi connectivity index (χ3n) is 3.22. The molecular weight excluding hydrogens is 302 g/mol. The normalized spacial score (nSPS) is 11.3. The van der Waals surface area contributed by atoms with Crippen LogP contribution in [0.1, 0.15) is 46.5 Å². The number of anilines is 1. The van der Waals surface area contributed by atoms with E-state index in [4.69, 9.17) is 4.52 Å². The smallest absolute Gasteiger partial charge is 0.259 e. The summed E-state index contributed by atoms with van der Waals surface area (Å²) in [5, 5.41) is 16.4. The van der Waals surface area contributed by atoms with Crippen LogP contribution in [0, 0.1) is 13.8 Å². The van der Waals surface area contributed by atoms with E-state index in [2.05, 4.69) is 25.7 Å². The van der Waals surface area contributed by atoms with Crippen LogP contribution in [0.2, 0.25) is 0 Å². The lowest BCUT2D eigenvalue weighted by Gasteiger charge is -2.08. The summed E-state index contributed by atoms with van der Waals surface area (Å²) in [5.74, 6) is -0.0955. The Balaban J connectivity index is 2.07. The second kappa shape index (κ2) is 5.45. The predicted molar refractivity (Wildman–Crippen MR) is 83.2 cm³/mol. The molecule has 3 aromatic heterocycles. The first-order valence-electron chi connectivity index (χ1n) is 6.84. The van der Waals surface area contributed by atoms with Crippen LogP contribution in [0.4, 0.5) is 5.13 Å². The minimum absolute atomic E-state index is 0.171. The minimum atomic E-state index is -0.267. The van der Waals surface area contributed by atoms with Gasteiger partial charge < -0.3 is 4.52 Å². The molecule has 0 aliphatic heterocycles. The third kappa shape index (κ3) is 2.57. The molecule has 0 fully saturated rings. The highest BCUT2D eigenvalue weighted by atomic mass is 32.1. The van der Waals surface area contributed by atoms with Crippen LogP contribution >= 0.6 is 11.3 Å². The molecule has 0 unspecified atom stereocenters. The molecule has 3 rings (SSSR count). The van der Waals surface area contributed by atoms with Gasteiger partial charge in [-0.2, -0.15) is 0 Å². The molecule has 3 heterocycles. The number of nitrogens with zero attached hydrogens (tertiary/aromatic N) is 4. The summed E-state index contributed by atoms with van der Waals surface area (Å²) < 4.78 is 5.22. The van der Waals surface area contributed by atoms with Crippen LogP contribution in [-0.4, -0.2) is 26.2 Å². The molecule has 0 saturated carbocycles. The number of carbonyl (C=O) groups is 1. The van der Waals surface area contributed by atoms with Gasteiger partial charge in [-0.1, -0.05) is 30.3 Å². The van der Waals surface area contributed by atoms with Crippen molar-refractivity contribution in [1.29, 1.82) is 0 Å². The Kier molecular flexibility index (Phi) is 3.61. The van der Waals surface area contributed by atoms with Gasteiger partial charge in [0.05, 0.1) is 16.6 Å².